The largest absolute Gasteiger partial charge is 0.389 e. The van der Waals surface area contributed by atoms with Crippen LogP contribution in [0.15, 0.2) is 11.4 Å². The van der Waals surface area contributed by atoms with E-state index in [1.165, 1.54) is 4.88 Å². The van der Waals surface area contributed by atoms with Gasteiger partial charge in [-0.2, -0.15) is 13.2 Å². The van der Waals surface area contributed by atoms with E-state index < -0.39 is 12.6 Å². The molecule has 1 aliphatic carbocycles. The molecule has 1 aliphatic rings. The second kappa shape index (κ2) is 5.43. The minimum absolute atomic E-state index is 0.0291. The molecule has 0 aromatic carbocycles. The minimum Gasteiger partial charge on any atom is -0.299 e. The molecule has 0 amide bonds. The van der Waals surface area contributed by atoms with E-state index in [2.05, 4.69) is 0 Å². The number of carbonyl (C=O) groups is 1. The van der Waals surface area contributed by atoms with Crippen LogP contribution in [-0.4, -0.2) is 12.0 Å². The Kier molecular flexibility index (Phi) is 4.10. The maximum absolute atomic E-state index is 12.0. The van der Waals surface area contributed by atoms with Gasteiger partial charge in [-0.25, -0.2) is 0 Å². The van der Waals surface area contributed by atoms with Gasteiger partial charge in [0.25, 0.3) is 0 Å². The van der Waals surface area contributed by atoms with Crippen molar-refractivity contribution in [3.63, 3.8) is 0 Å². The minimum atomic E-state index is -4.15. The highest BCUT2D eigenvalue weighted by Crippen LogP contribution is 2.36. The molecule has 1 nitrogen and oxygen atoms in total. The average Bonchev–Trinajstić information content (AvgIpc) is 2.74. The lowest BCUT2D eigenvalue weighted by Gasteiger charge is -2.21. The lowest BCUT2D eigenvalue weighted by atomic mass is 9.83. The fourth-order valence-corrected chi connectivity index (χ4v) is 3.45. The fraction of sp³-hybridized carbons (Fsp3) is 0.615. The first-order valence-corrected chi connectivity index (χ1v) is 7.01. The first kappa shape index (κ1) is 13.6. The van der Waals surface area contributed by atoms with Crippen LogP contribution < -0.4 is 0 Å². The lowest BCUT2D eigenvalue weighted by Crippen LogP contribution is -2.18. The Labute approximate surface area is 108 Å². The number of Topliss-reactive ketones (excluding diaryl/α,β-unsaturated/α-hetero) is 1. The summed E-state index contributed by atoms with van der Waals surface area (Å²) in [7, 11) is 0. The van der Waals surface area contributed by atoms with Crippen LogP contribution in [0.1, 0.15) is 48.5 Å². The summed E-state index contributed by atoms with van der Waals surface area (Å²) in [6, 6.07) is 1.95. The van der Waals surface area contributed by atoms with E-state index in [9.17, 15) is 18.0 Å². The van der Waals surface area contributed by atoms with Crippen molar-refractivity contribution in [2.24, 2.45) is 0 Å². The molecule has 0 saturated heterocycles. The van der Waals surface area contributed by atoms with E-state index in [1.807, 2.05) is 11.4 Å². The van der Waals surface area contributed by atoms with Gasteiger partial charge in [0.1, 0.15) is 5.78 Å². The Morgan fingerprint density at radius 2 is 2.22 bits per heavy atom. The zero-order valence-electron chi connectivity index (χ0n) is 9.93. The summed E-state index contributed by atoms with van der Waals surface area (Å²) < 4.78 is 36.1. The Balaban J connectivity index is 1.91. The molecular formula is C13H15F3OS. The first-order chi connectivity index (χ1) is 8.47. The molecule has 1 aromatic heterocycles. The van der Waals surface area contributed by atoms with Gasteiger partial charge in [-0.1, -0.05) is 0 Å². The fourth-order valence-electron chi connectivity index (χ4n) is 2.46. The Bertz CT molecular complexity index is 422. The molecule has 0 radical (unpaired) electrons. The standard InChI is InChI=1S/C13H15F3OS/c14-13(15,16)7-2-4-11(17)9-3-1-5-12-10(9)6-8-18-12/h6,8-9H,1-5,7H2. The van der Waals surface area contributed by atoms with Crippen LogP contribution in [0.3, 0.4) is 0 Å². The number of thiophene rings is 1. The molecule has 2 rings (SSSR count). The van der Waals surface area contributed by atoms with Crippen LogP contribution in [0.25, 0.3) is 0 Å². The summed E-state index contributed by atoms with van der Waals surface area (Å²) in [6.45, 7) is 0. The van der Waals surface area contributed by atoms with Gasteiger partial charge in [0, 0.05) is 23.6 Å². The number of hydrogen-bond donors (Lipinski definition) is 0. The monoisotopic (exact) mass is 276 g/mol. The highest BCUT2D eigenvalue weighted by Gasteiger charge is 2.29. The molecule has 0 N–H and O–H groups in total. The van der Waals surface area contributed by atoms with Crippen molar-refractivity contribution in [2.75, 3.05) is 0 Å². The molecule has 18 heavy (non-hydrogen) atoms. The van der Waals surface area contributed by atoms with E-state index in [4.69, 9.17) is 0 Å². The summed E-state index contributed by atoms with van der Waals surface area (Å²) in [6.07, 6.45) is -2.31. The van der Waals surface area contributed by atoms with Gasteiger partial charge in [-0.05, 0) is 42.7 Å². The third-order valence-corrected chi connectivity index (χ3v) is 4.32. The highest BCUT2D eigenvalue weighted by molar-refractivity contribution is 7.10. The molecule has 0 aliphatic heterocycles. The number of alkyl halides is 3. The quantitative estimate of drug-likeness (QED) is 0.793. The summed E-state index contributed by atoms with van der Waals surface area (Å²) in [5.41, 5.74) is 1.06. The molecule has 1 unspecified atom stereocenters. The number of ketones is 1. The van der Waals surface area contributed by atoms with Crippen molar-refractivity contribution in [1.29, 1.82) is 0 Å². The molecule has 1 heterocycles. The zero-order chi connectivity index (χ0) is 13.2. The van der Waals surface area contributed by atoms with Crippen molar-refractivity contribution in [2.45, 2.75) is 50.6 Å². The zero-order valence-corrected chi connectivity index (χ0v) is 10.7. The summed E-state index contributed by atoms with van der Waals surface area (Å²) in [5, 5.41) is 1.96. The highest BCUT2D eigenvalue weighted by atomic mass is 32.1. The van der Waals surface area contributed by atoms with Crippen LogP contribution >= 0.6 is 11.3 Å². The van der Waals surface area contributed by atoms with E-state index in [0.717, 1.165) is 24.8 Å². The first-order valence-electron chi connectivity index (χ1n) is 6.13. The van der Waals surface area contributed by atoms with Gasteiger partial charge in [-0.3, -0.25) is 4.79 Å². The van der Waals surface area contributed by atoms with E-state index in [1.54, 1.807) is 11.3 Å². The third-order valence-electron chi connectivity index (χ3n) is 3.32. The number of carbonyl (C=O) groups excluding carboxylic acids is 1. The molecule has 1 aromatic rings. The predicted octanol–water partition coefficient (Wildman–Crippen LogP) is 4.47. The van der Waals surface area contributed by atoms with Gasteiger partial charge in [0.05, 0.1) is 0 Å². The summed E-state index contributed by atoms with van der Waals surface area (Å²) in [4.78, 5) is 13.2. The van der Waals surface area contributed by atoms with Crippen molar-refractivity contribution in [1.82, 2.24) is 0 Å². The number of halogens is 3. The van der Waals surface area contributed by atoms with Crippen LogP contribution in [0.5, 0.6) is 0 Å². The van der Waals surface area contributed by atoms with Crippen LogP contribution in [0, 0.1) is 0 Å². The van der Waals surface area contributed by atoms with E-state index >= 15 is 0 Å². The van der Waals surface area contributed by atoms with Gasteiger partial charge in [0.15, 0.2) is 0 Å². The third kappa shape index (κ3) is 3.34. The van der Waals surface area contributed by atoms with Crippen molar-refractivity contribution >= 4 is 17.1 Å². The number of hydrogen-bond acceptors (Lipinski definition) is 2. The molecule has 0 saturated carbocycles. The van der Waals surface area contributed by atoms with Crippen LogP contribution in [0.2, 0.25) is 0 Å². The van der Waals surface area contributed by atoms with Gasteiger partial charge in [0.2, 0.25) is 0 Å². The average molecular weight is 276 g/mol. The second-order valence-electron chi connectivity index (χ2n) is 4.68. The number of rotatable bonds is 4. The van der Waals surface area contributed by atoms with Gasteiger partial charge >= 0.3 is 6.18 Å². The van der Waals surface area contributed by atoms with Crippen molar-refractivity contribution in [3.05, 3.63) is 21.9 Å². The second-order valence-corrected chi connectivity index (χ2v) is 5.68. The van der Waals surface area contributed by atoms with Crippen molar-refractivity contribution in [3.8, 4) is 0 Å². The van der Waals surface area contributed by atoms with E-state index in [0.29, 0.717) is 0 Å². The molecule has 0 bridgehead atoms. The topological polar surface area (TPSA) is 17.1 Å². The molecule has 0 fully saturated rings. The van der Waals surface area contributed by atoms with Crippen molar-refractivity contribution < 1.29 is 18.0 Å². The normalized spacial score (nSPS) is 19.6. The molecule has 0 spiro atoms. The summed E-state index contributed by atoms with van der Waals surface area (Å²) in [5.74, 6) is -0.188. The molecule has 1 atom stereocenters. The number of fused-ring (bicyclic) bond motifs is 1. The molecule has 100 valence electrons. The SMILES string of the molecule is O=C(CCCC(F)(F)F)C1CCCc2sccc21. The molecular weight excluding hydrogens is 261 g/mol. The maximum atomic E-state index is 12.0. The maximum Gasteiger partial charge on any atom is 0.389 e. The van der Waals surface area contributed by atoms with Crippen LogP contribution in [0.4, 0.5) is 13.2 Å². The molecule has 5 heteroatoms. The van der Waals surface area contributed by atoms with E-state index in [-0.39, 0.29) is 24.5 Å². The summed E-state index contributed by atoms with van der Waals surface area (Å²) >= 11 is 1.64. The Morgan fingerprint density at radius 3 is 2.94 bits per heavy atom. The predicted molar refractivity (Wildman–Crippen MR) is 64.9 cm³/mol. The lowest BCUT2D eigenvalue weighted by molar-refractivity contribution is -0.137. The Morgan fingerprint density at radius 1 is 1.44 bits per heavy atom. The number of aryl methyl sites for hydroxylation is 1. The van der Waals surface area contributed by atoms with Gasteiger partial charge < -0.3 is 0 Å². The smallest absolute Gasteiger partial charge is 0.299 e. The Hall–Kier alpha value is -0.840. The van der Waals surface area contributed by atoms with Gasteiger partial charge in [-0.15, -0.1) is 11.3 Å². The van der Waals surface area contributed by atoms with Crippen LogP contribution in [-0.2, 0) is 11.2 Å².